The standard InChI is InChI=1S/C25H25FN4O2/c1-17-28-21-9-2-3-10-22(21)30(17)16-24(31)29-12-5-4-11-23(29)25-27-15-20(32-25)14-18-7-6-8-19(26)13-18/h2-3,6-10,13,15,23H,4-5,11-12,14,16H2,1H3. The average molecular weight is 432 g/mol. The first kappa shape index (κ1) is 20.4. The number of carbonyl (C=O) groups excluding carboxylic acids is 1. The Morgan fingerprint density at radius 2 is 2.06 bits per heavy atom. The second kappa shape index (κ2) is 8.57. The van der Waals surface area contributed by atoms with Crippen molar-refractivity contribution in [3.05, 3.63) is 83.6 Å². The molecule has 1 aliphatic heterocycles. The predicted molar refractivity (Wildman–Crippen MR) is 118 cm³/mol. The van der Waals surface area contributed by atoms with Crippen LogP contribution in [0.1, 0.15) is 48.3 Å². The van der Waals surface area contributed by atoms with Gasteiger partial charge >= 0.3 is 0 Å². The van der Waals surface area contributed by atoms with Crippen molar-refractivity contribution in [3.63, 3.8) is 0 Å². The minimum Gasteiger partial charge on any atom is -0.443 e. The molecule has 0 saturated carbocycles. The summed E-state index contributed by atoms with van der Waals surface area (Å²) in [6.07, 6.45) is 4.94. The molecule has 1 atom stereocenters. The van der Waals surface area contributed by atoms with Gasteiger partial charge in [0.15, 0.2) is 0 Å². The first-order valence-corrected chi connectivity index (χ1v) is 11.0. The molecule has 164 valence electrons. The zero-order valence-electron chi connectivity index (χ0n) is 18.0. The number of para-hydroxylation sites is 2. The van der Waals surface area contributed by atoms with Crippen LogP contribution in [-0.2, 0) is 17.8 Å². The molecule has 4 aromatic rings. The monoisotopic (exact) mass is 432 g/mol. The van der Waals surface area contributed by atoms with E-state index in [0.29, 0.717) is 24.6 Å². The fourth-order valence-electron chi connectivity index (χ4n) is 4.51. The van der Waals surface area contributed by atoms with Gasteiger partial charge in [-0.25, -0.2) is 14.4 Å². The smallest absolute Gasteiger partial charge is 0.243 e. The Labute approximate surface area is 185 Å². The van der Waals surface area contributed by atoms with Crippen molar-refractivity contribution in [2.75, 3.05) is 6.54 Å². The zero-order chi connectivity index (χ0) is 22.1. The van der Waals surface area contributed by atoms with Gasteiger partial charge in [0.2, 0.25) is 11.8 Å². The summed E-state index contributed by atoms with van der Waals surface area (Å²) in [5, 5.41) is 0. The van der Waals surface area contributed by atoms with Crippen LogP contribution in [0, 0.1) is 12.7 Å². The Bertz CT molecular complexity index is 1260. The number of nitrogens with zero attached hydrogens (tertiary/aromatic N) is 4. The van der Waals surface area contributed by atoms with E-state index in [1.807, 2.05) is 46.7 Å². The molecule has 1 fully saturated rings. The van der Waals surface area contributed by atoms with Crippen molar-refractivity contribution in [2.24, 2.45) is 0 Å². The highest BCUT2D eigenvalue weighted by Gasteiger charge is 2.31. The molecular formula is C25H25FN4O2. The highest BCUT2D eigenvalue weighted by Crippen LogP contribution is 2.31. The summed E-state index contributed by atoms with van der Waals surface area (Å²) in [6, 6.07) is 14.1. The van der Waals surface area contributed by atoms with Crippen LogP contribution in [0.2, 0.25) is 0 Å². The number of rotatable bonds is 5. The van der Waals surface area contributed by atoms with Gasteiger partial charge in [0.25, 0.3) is 0 Å². The first-order valence-electron chi connectivity index (χ1n) is 11.0. The van der Waals surface area contributed by atoms with E-state index in [2.05, 4.69) is 9.97 Å². The second-order valence-corrected chi connectivity index (χ2v) is 8.30. The van der Waals surface area contributed by atoms with Crippen LogP contribution in [0.5, 0.6) is 0 Å². The first-order chi connectivity index (χ1) is 15.6. The van der Waals surface area contributed by atoms with Crippen LogP contribution in [0.15, 0.2) is 59.1 Å². The second-order valence-electron chi connectivity index (χ2n) is 8.30. The molecule has 32 heavy (non-hydrogen) atoms. The van der Waals surface area contributed by atoms with Crippen LogP contribution in [0.3, 0.4) is 0 Å². The van der Waals surface area contributed by atoms with Gasteiger partial charge in [-0.05, 0) is 56.0 Å². The van der Waals surface area contributed by atoms with Gasteiger partial charge in [-0.15, -0.1) is 0 Å². The van der Waals surface area contributed by atoms with E-state index in [1.165, 1.54) is 12.1 Å². The Hall–Kier alpha value is -3.48. The largest absolute Gasteiger partial charge is 0.443 e. The van der Waals surface area contributed by atoms with E-state index in [0.717, 1.165) is 41.7 Å². The lowest BCUT2D eigenvalue weighted by Gasteiger charge is -2.34. The van der Waals surface area contributed by atoms with E-state index in [4.69, 9.17) is 4.42 Å². The van der Waals surface area contributed by atoms with Gasteiger partial charge in [-0.3, -0.25) is 4.79 Å². The minimum absolute atomic E-state index is 0.0332. The SMILES string of the molecule is Cc1nc2ccccc2n1CC(=O)N1CCCCC1c1ncc(Cc2cccc(F)c2)o1. The minimum atomic E-state index is -0.270. The van der Waals surface area contributed by atoms with E-state index < -0.39 is 0 Å². The molecule has 1 saturated heterocycles. The highest BCUT2D eigenvalue weighted by atomic mass is 19.1. The third-order valence-electron chi connectivity index (χ3n) is 6.09. The molecule has 1 aliphatic rings. The number of oxazole rings is 1. The summed E-state index contributed by atoms with van der Waals surface area (Å²) >= 11 is 0. The Morgan fingerprint density at radius 1 is 1.19 bits per heavy atom. The normalized spacial score (nSPS) is 16.6. The quantitative estimate of drug-likeness (QED) is 0.454. The van der Waals surface area contributed by atoms with Crippen LogP contribution < -0.4 is 0 Å². The van der Waals surface area contributed by atoms with Crippen LogP contribution in [0.4, 0.5) is 4.39 Å². The molecule has 7 heteroatoms. The van der Waals surface area contributed by atoms with Crippen molar-refractivity contribution in [2.45, 2.75) is 45.2 Å². The lowest BCUT2D eigenvalue weighted by Crippen LogP contribution is -2.40. The van der Waals surface area contributed by atoms with Crippen molar-refractivity contribution in [1.29, 1.82) is 0 Å². The highest BCUT2D eigenvalue weighted by molar-refractivity contribution is 5.81. The maximum atomic E-state index is 13.5. The molecule has 2 aromatic heterocycles. The van der Waals surface area contributed by atoms with Crippen LogP contribution in [0.25, 0.3) is 11.0 Å². The topological polar surface area (TPSA) is 64.2 Å². The van der Waals surface area contributed by atoms with Crippen molar-refractivity contribution < 1.29 is 13.6 Å². The summed E-state index contributed by atoms with van der Waals surface area (Å²) in [5.74, 6) is 1.80. The number of aromatic nitrogens is 3. The van der Waals surface area contributed by atoms with Gasteiger partial charge in [0.05, 0.1) is 17.2 Å². The number of aryl methyl sites for hydroxylation is 1. The molecule has 0 spiro atoms. The molecule has 5 rings (SSSR count). The van der Waals surface area contributed by atoms with Gasteiger partial charge in [-0.1, -0.05) is 24.3 Å². The maximum absolute atomic E-state index is 13.5. The molecule has 0 N–H and O–H groups in total. The predicted octanol–water partition coefficient (Wildman–Crippen LogP) is 4.82. The molecule has 3 heterocycles. The van der Waals surface area contributed by atoms with E-state index in [9.17, 15) is 9.18 Å². The van der Waals surface area contributed by atoms with Crippen LogP contribution >= 0.6 is 0 Å². The average Bonchev–Trinajstić information content (AvgIpc) is 3.38. The Morgan fingerprint density at radius 3 is 2.94 bits per heavy atom. The lowest BCUT2D eigenvalue weighted by molar-refractivity contribution is -0.136. The molecule has 0 radical (unpaired) electrons. The van der Waals surface area contributed by atoms with Crippen LogP contribution in [-0.4, -0.2) is 31.9 Å². The summed E-state index contributed by atoms with van der Waals surface area (Å²) < 4.78 is 21.5. The van der Waals surface area contributed by atoms with Crippen molar-refractivity contribution in [3.8, 4) is 0 Å². The fourth-order valence-corrected chi connectivity index (χ4v) is 4.51. The molecule has 1 amide bonds. The number of piperidine rings is 1. The fraction of sp³-hybridized carbons (Fsp3) is 0.320. The van der Waals surface area contributed by atoms with E-state index in [-0.39, 0.29) is 24.3 Å². The summed E-state index contributed by atoms with van der Waals surface area (Å²) in [7, 11) is 0. The summed E-state index contributed by atoms with van der Waals surface area (Å²) in [6.45, 7) is 2.84. The molecule has 0 bridgehead atoms. The lowest BCUT2D eigenvalue weighted by atomic mass is 10.0. The van der Waals surface area contributed by atoms with Gasteiger partial charge < -0.3 is 13.9 Å². The number of fused-ring (bicyclic) bond motifs is 1. The molecule has 2 aromatic carbocycles. The number of likely N-dealkylation sites (tertiary alicyclic amines) is 1. The number of carbonyl (C=O) groups is 1. The Balaban J connectivity index is 1.35. The summed E-state index contributed by atoms with van der Waals surface area (Å²) in [5.41, 5.74) is 2.68. The molecular weight excluding hydrogens is 407 g/mol. The van der Waals surface area contributed by atoms with Crippen molar-refractivity contribution >= 4 is 16.9 Å². The zero-order valence-corrected chi connectivity index (χ0v) is 18.0. The van der Waals surface area contributed by atoms with Gasteiger partial charge in [0.1, 0.15) is 30.0 Å². The Kier molecular flexibility index (Phi) is 5.47. The number of benzene rings is 2. The summed E-state index contributed by atoms with van der Waals surface area (Å²) in [4.78, 5) is 24.3. The number of imidazole rings is 1. The van der Waals surface area contributed by atoms with E-state index in [1.54, 1.807) is 12.3 Å². The number of hydrogen-bond acceptors (Lipinski definition) is 4. The number of amides is 1. The van der Waals surface area contributed by atoms with Gasteiger partial charge in [0, 0.05) is 13.0 Å². The molecule has 1 unspecified atom stereocenters. The third-order valence-corrected chi connectivity index (χ3v) is 6.09. The molecule has 6 nitrogen and oxygen atoms in total. The number of halogens is 1. The third kappa shape index (κ3) is 4.02. The van der Waals surface area contributed by atoms with E-state index >= 15 is 0 Å². The molecule has 0 aliphatic carbocycles. The number of hydrogen-bond donors (Lipinski definition) is 0. The van der Waals surface area contributed by atoms with Gasteiger partial charge in [-0.2, -0.15) is 0 Å². The van der Waals surface area contributed by atoms with Crippen molar-refractivity contribution in [1.82, 2.24) is 19.4 Å². The maximum Gasteiger partial charge on any atom is 0.243 e.